The van der Waals surface area contributed by atoms with Crippen LogP contribution < -0.4 is 15.4 Å². The first-order valence-corrected chi connectivity index (χ1v) is 14.0. The summed E-state index contributed by atoms with van der Waals surface area (Å²) in [5.41, 5.74) is 3.44. The van der Waals surface area contributed by atoms with Gasteiger partial charge in [-0.1, -0.05) is 68.5 Å². The van der Waals surface area contributed by atoms with Gasteiger partial charge in [-0.2, -0.15) is 8.42 Å². The molecule has 0 aliphatic rings. The van der Waals surface area contributed by atoms with E-state index in [1.54, 1.807) is 55.5 Å². The molecule has 0 aliphatic heterocycles. The molecule has 3 aromatic carbocycles. The summed E-state index contributed by atoms with van der Waals surface area (Å²) in [4.78, 5) is 25.2. The highest BCUT2D eigenvalue weighted by Gasteiger charge is 2.22. The maximum atomic E-state index is 12.9. The van der Waals surface area contributed by atoms with Crippen LogP contribution in [0, 0.1) is 6.92 Å². The Hall–Kier alpha value is -4.09. The quantitative estimate of drug-likeness (QED) is 0.263. The Kier molecular flexibility index (Phi) is 7.61. The average Bonchev–Trinajstić information content (AvgIpc) is 3.33. The van der Waals surface area contributed by atoms with E-state index in [0.717, 1.165) is 22.5 Å². The number of carbonyl (C=O) groups is 2. The van der Waals surface area contributed by atoms with Gasteiger partial charge in [0.25, 0.3) is 26.2 Å². The van der Waals surface area contributed by atoms with E-state index in [0.29, 0.717) is 16.8 Å². The Bertz CT molecular complexity index is 1590. The summed E-state index contributed by atoms with van der Waals surface area (Å²) in [5.74, 6) is -0.726. The number of hydrogen-bond acceptors (Lipinski definition) is 7. The molecule has 4 rings (SSSR count). The van der Waals surface area contributed by atoms with Gasteiger partial charge in [0.05, 0.1) is 5.69 Å². The summed E-state index contributed by atoms with van der Waals surface area (Å²) in [5, 5.41) is 12.9. The van der Waals surface area contributed by atoms with Crippen LogP contribution in [0.5, 0.6) is 0 Å². The highest BCUT2D eigenvalue weighted by molar-refractivity contribution is 7.94. The summed E-state index contributed by atoms with van der Waals surface area (Å²) in [6, 6.07) is 20.7. The van der Waals surface area contributed by atoms with E-state index in [-0.39, 0.29) is 26.5 Å². The Labute approximate surface area is 225 Å². The van der Waals surface area contributed by atoms with Gasteiger partial charge >= 0.3 is 0 Å². The van der Waals surface area contributed by atoms with Crippen LogP contribution in [0.25, 0.3) is 0 Å². The molecule has 0 aliphatic carbocycles. The first-order chi connectivity index (χ1) is 17.9. The predicted molar refractivity (Wildman–Crippen MR) is 149 cm³/mol. The molecular formula is C27H27N5O4S2. The van der Waals surface area contributed by atoms with Crippen molar-refractivity contribution in [3.63, 3.8) is 0 Å². The number of rotatable bonds is 7. The van der Waals surface area contributed by atoms with E-state index in [4.69, 9.17) is 0 Å². The van der Waals surface area contributed by atoms with Gasteiger partial charge in [0.1, 0.15) is 0 Å². The van der Waals surface area contributed by atoms with Crippen molar-refractivity contribution < 1.29 is 18.0 Å². The molecule has 4 aromatic rings. The van der Waals surface area contributed by atoms with Crippen molar-refractivity contribution in [3.8, 4) is 0 Å². The lowest BCUT2D eigenvalue weighted by Crippen LogP contribution is -2.15. The van der Waals surface area contributed by atoms with Gasteiger partial charge in [-0.15, -0.1) is 10.2 Å². The Morgan fingerprint density at radius 1 is 0.816 bits per heavy atom. The fourth-order valence-corrected chi connectivity index (χ4v) is 5.49. The summed E-state index contributed by atoms with van der Waals surface area (Å²) >= 11 is 0.728. The standard InChI is InChI=1S/C27H27N5O4S2/c1-17-8-5-6-11-22(17)24(34)29-25-30-31-26(37-25)38(35,36)32-21-10-7-9-20(16-21)28-23(33)18-12-14-19(15-13-18)27(2,3)4/h5-16,32H,1-4H3,(H,28,33)(H,29,30,34). The third kappa shape index (κ3) is 6.42. The van der Waals surface area contributed by atoms with Crippen molar-refractivity contribution in [2.24, 2.45) is 0 Å². The molecule has 0 atom stereocenters. The second-order valence-corrected chi connectivity index (χ2v) is 12.4. The molecule has 38 heavy (non-hydrogen) atoms. The molecular weight excluding hydrogens is 522 g/mol. The van der Waals surface area contributed by atoms with Gasteiger partial charge in [-0.25, -0.2) is 0 Å². The van der Waals surface area contributed by atoms with Gasteiger partial charge < -0.3 is 5.32 Å². The Morgan fingerprint density at radius 2 is 1.50 bits per heavy atom. The van der Waals surface area contributed by atoms with Crippen molar-refractivity contribution in [2.45, 2.75) is 37.4 Å². The van der Waals surface area contributed by atoms with Crippen LogP contribution in [0.4, 0.5) is 16.5 Å². The van der Waals surface area contributed by atoms with Crippen molar-refractivity contribution in [2.75, 3.05) is 15.4 Å². The number of benzene rings is 3. The third-order valence-electron chi connectivity index (χ3n) is 5.63. The highest BCUT2D eigenvalue weighted by atomic mass is 32.2. The molecule has 11 heteroatoms. The molecule has 0 bridgehead atoms. The molecule has 0 unspecified atom stereocenters. The normalized spacial score (nSPS) is 11.6. The zero-order valence-electron chi connectivity index (χ0n) is 21.3. The zero-order chi connectivity index (χ0) is 27.5. The molecule has 1 aromatic heterocycles. The number of sulfonamides is 1. The number of aryl methyl sites for hydroxylation is 1. The zero-order valence-corrected chi connectivity index (χ0v) is 22.9. The molecule has 0 spiro atoms. The van der Waals surface area contributed by atoms with Crippen LogP contribution in [0.15, 0.2) is 77.1 Å². The highest BCUT2D eigenvalue weighted by Crippen LogP contribution is 2.25. The van der Waals surface area contributed by atoms with Gasteiger partial charge in [0, 0.05) is 16.8 Å². The Balaban J connectivity index is 1.43. The van der Waals surface area contributed by atoms with Crippen LogP contribution in [0.3, 0.4) is 0 Å². The SMILES string of the molecule is Cc1ccccc1C(=O)Nc1nnc(S(=O)(=O)Nc2cccc(NC(=O)c3ccc(C(C)(C)C)cc3)c2)s1. The molecule has 9 nitrogen and oxygen atoms in total. The lowest BCUT2D eigenvalue weighted by atomic mass is 9.87. The van der Waals surface area contributed by atoms with Gasteiger partial charge in [0.15, 0.2) is 0 Å². The van der Waals surface area contributed by atoms with Gasteiger partial charge in [-0.05, 0) is 59.9 Å². The molecule has 0 saturated heterocycles. The predicted octanol–water partition coefficient (Wildman–Crippen LogP) is 5.45. The minimum absolute atomic E-state index is 0.0271. The number of anilines is 3. The number of aromatic nitrogens is 2. The summed E-state index contributed by atoms with van der Waals surface area (Å²) < 4.78 is 27.9. The van der Waals surface area contributed by atoms with Crippen molar-refractivity contribution in [1.82, 2.24) is 10.2 Å². The maximum Gasteiger partial charge on any atom is 0.291 e. The maximum absolute atomic E-state index is 12.9. The molecule has 0 radical (unpaired) electrons. The molecule has 196 valence electrons. The van der Waals surface area contributed by atoms with E-state index in [9.17, 15) is 18.0 Å². The number of nitrogens with one attached hydrogen (secondary N) is 3. The smallest absolute Gasteiger partial charge is 0.291 e. The van der Waals surface area contributed by atoms with Crippen LogP contribution in [-0.4, -0.2) is 30.4 Å². The van der Waals surface area contributed by atoms with Crippen LogP contribution >= 0.6 is 11.3 Å². The summed E-state index contributed by atoms with van der Waals surface area (Å²) in [7, 11) is -4.09. The van der Waals surface area contributed by atoms with E-state index in [2.05, 4.69) is 46.3 Å². The Morgan fingerprint density at radius 3 is 2.18 bits per heavy atom. The van der Waals surface area contributed by atoms with Crippen LogP contribution in [0.1, 0.15) is 52.6 Å². The lowest BCUT2D eigenvalue weighted by Gasteiger charge is -2.19. The van der Waals surface area contributed by atoms with Crippen molar-refractivity contribution in [3.05, 3.63) is 95.1 Å². The fourth-order valence-electron chi connectivity index (χ4n) is 3.55. The second kappa shape index (κ2) is 10.7. The number of carbonyl (C=O) groups excluding carboxylic acids is 2. The summed E-state index contributed by atoms with van der Waals surface area (Å²) in [6.07, 6.45) is 0. The van der Waals surface area contributed by atoms with Crippen molar-refractivity contribution >= 4 is 49.7 Å². The van der Waals surface area contributed by atoms with Crippen LogP contribution in [-0.2, 0) is 15.4 Å². The topological polar surface area (TPSA) is 130 Å². The number of hydrogen-bond donors (Lipinski definition) is 3. The minimum Gasteiger partial charge on any atom is -0.322 e. The molecule has 0 saturated carbocycles. The van der Waals surface area contributed by atoms with Gasteiger partial charge in [-0.3, -0.25) is 19.6 Å². The average molecular weight is 550 g/mol. The first-order valence-electron chi connectivity index (χ1n) is 11.7. The van der Waals surface area contributed by atoms with E-state index in [1.165, 1.54) is 6.07 Å². The summed E-state index contributed by atoms with van der Waals surface area (Å²) in [6.45, 7) is 8.09. The molecule has 3 N–H and O–H groups in total. The molecule has 2 amide bonds. The van der Waals surface area contributed by atoms with E-state index in [1.807, 2.05) is 18.2 Å². The van der Waals surface area contributed by atoms with Gasteiger partial charge in [0.2, 0.25) is 5.13 Å². The van der Waals surface area contributed by atoms with Crippen molar-refractivity contribution in [1.29, 1.82) is 0 Å². The number of nitrogens with zero attached hydrogens (tertiary/aromatic N) is 2. The van der Waals surface area contributed by atoms with E-state index < -0.39 is 15.9 Å². The monoisotopic (exact) mass is 549 g/mol. The van der Waals surface area contributed by atoms with E-state index >= 15 is 0 Å². The van der Waals surface area contributed by atoms with Crippen LogP contribution in [0.2, 0.25) is 0 Å². The lowest BCUT2D eigenvalue weighted by molar-refractivity contribution is 0.101. The largest absolute Gasteiger partial charge is 0.322 e. The molecule has 1 heterocycles. The molecule has 0 fully saturated rings. The first kappa shape index (κ1) is 27.0. The third-order valence-corrected chi connectivity index (χ3v) is 8.22. The second-order valence-electron chi connectivity index (χ2n) is 9.61. The fraction of sp³-hybridized carbons (Fsp3) is 0.185. The number of amides is 2. The minimum atomic E-state index is -4.09.